The van der Waals surface area contributed by atoms with Crippen molar-refractivity contribution >= 4 is 17.0 Å². The van der Waals surface area contributed by atoms with E-state index in [4.69, 9.17) is 6.42 Å². The van der Waals surface area contributed by atoms with Crippen molar-refractivity contribution in [1.82, 2.24) is 19.5 Å². The Morgan fingerprint density at radius 1 is 1.48 bits per heavy atom. The highest BCUT2D eigenvalue weighted by molar-refractivity contribution is 5.83. The number of nitrogens with one attached hydrogen (secondary N) is 1. The number of imidazole rings is 1. The average molecular weight is 365 g/mol. The maximum absolute atomic E-state index is 10.8. The molecule has 1 saturated carbocycles. The van der Waals surface area contributed by atoms with Crippen LogP contribution in [0.25, 0.3) is 11.2 Å². The molecule has 1 fully saturated rings. The van der Waals surface area contributed by atoms with Gasteiger partial charge in [0.15, 0.2) is 17.0 Å². The third-order valence-electron chi connectivity index (χ3n) is 5.10. The van der Waals surface area contributed by atoms with Gasteiger partial charge in [-0.3, -0.25) is 0 Å². The smallest absolute Gasteiger partial charge is 0.209 e. The molecule has 2 aromatic heterocycles. The van der Waals surface area contributed by atoms with Crippen molar-refractivity contribution < 1.29 is 5.11 Å². The van der Waals surface area contributed by atoms with Crippen LogP contribution >= 0.6 is 0 Å². The predicted octanol–water partition coefficient (Wildman–Crippen LogP) is 2.96. The van der Waals surface area contributed by atoms with Crippen LogP contribution in [0.1, 0.15) is 58.7 Å². The quantitative estimate of drug-likeness (QED) is 0.815. The molecule has 0 unspecified atom stereocenters. The Hall–Kier alpha value is -2.57. The van der Waals surface area contributed by atoms with Crippen LogP contribution in [0.2, 0.25) is 0 Å². The number of rotatable bonds is 4. The summed E-state index contributed by atoms with van der Waals surface area (Å²) < 4.78 is 1.81. The van der Waals surface area contributed by atoms with Crippen molar-refractivity contribution in [3.05, 3.63) is 12.2 Å². The van der Waals surface area contributed by atoms with E-state index < -0.39 is 5.60 Å². The van der Waals surface area contributed by atoms with Gasteiger partial charge in [0, 0.05) is 6.04 Å². The number of terminal acetylenes is 1. The van der Waals surface area contributed by atoms with Gasteiger partial charge in [0.2, 0.25) is 5.82 Å². The lowest BCUT2D eigenvalue weighted by Crippen LogP contribution is -2.32. The number of nitrogens with zero attached hydrogens (tertiary/aromatic N) is 4. The van der Waals surface area contributed by atoms with Gasteiger partial charge >= 0.3 is 0 Å². The fraction of sp³-hybridized carbons (Fsp3) is 0.571. The summed E-state index contributed by atoms with van der Waals surface area (Å²) >= 11 is 0. The third kappa shape index (κ3) is 4.40. The van der Waals surface area contributed by atoms with E-state index in [1.807, 2.05) is 0 Å². The van der Waals surface area contributed by atoms with Crippen molar-refractivity contribution in [2.24, 2.45) is 5.92 Å². The van der Waals surface area contributed by atoms with Crippen LogP contribution in [0.4, 0.5) is 5.82 Å². The van der Waals surface area contributed by atoms with Crippen LogP contribution in [-0.2, 0) is 6.54 Å². The Morgan fingerprint density at radius 2 is 2.30 bits per heavy atom. The van der Waals surface area contributed by atoms with Gasteiger partial charge in [0.05, 0.1) is 12.9 Å². The normalized spacial score (nSPS) is 23.3. The van der Waals surface area contributed by atoms with Crippen LogP contribution in [0.5, 0.6) is 0 Å². The van der Waals surface area contributed by atoms with Crippen LogP contribution in [-0.4, -0.2) is 36.3 Å². The summed E-state index contributed by atoms with van der Waals surface area (Å²) in [6.45, 7) is 6.73. The summed E-state index contributed by atoms with van der Waals surface area (Å²) in [7, 11) is 0. The summed E-state index contributed by atoms with van der Waals surface area (Å²) in [5.41, 5.74) is 0.377. The average Bonchev–Trinajstić information content (AvgIpc) is 3.03. The number of aromatic nitrogens is 4. The first-order valence-corrected chi connectivity index (χ1v) is 9.62. The molecule has 2 aromatic rings. The largest absolute Gasteiger partial charge is 0.378 e. The molecule has 27 heavy (non-hydrogen) atoms. The van der Waals surface area contributed by atoms with Crippen LogP contribution < -0.4 is 5.32 Å². The molecule has 0 aliphatic heterocycles. The maximum atomic E-state index is 10.8. The van der Waals surface area contributed by atoms with Gasteiger partial charge < -0.3 is 15.0 Å². The molecule has 0 amide bonds. The first-order valence-electron chi connectivity index (χ1n) is 9.62. The van der Waals surface area contributed by atoms with Gasteiger partial charge in [-0.25, -0.2) is 15.0 Å². The van der Waals surface area contributed by atoms with E-state index in [2.05, 4.69) is 58.8 Å². The first kappa shape index (κ1) is 19.2. The standard InChI is InChI=1S/C21H27N5O/c1-5-12-26-14-22-18-19(23-16(4)6-2)24-17(25-20(18)26)9-11-21(27)10-7-8-15(3)13-21/h1,14-16,27H,6-8,10,12-13H2,2-4H3,(H,23,24,25)/t15-,16+,21-/m1/s1. The fourth-order valence-electron chi connectivity index (χ4n) is 3.46. The first-order chi connectivity index (χ1) is 12.9. The summed E-state index contributed by atoms with van der Waals surface area (Å²) in [4.78, 5) is 13.5. The van der Waals surface area contributed by atoms with E-state index in [1.165, 1.54) is 0 Å². The second kappa shape index (κ2) is 7.98. The van der Waals surface area contributed by atoms with Gasteiger partial charge in [-0.2, -0.15) is 0 Å². The minimum atomic E-state index is -0.959. The molecule has 0 bridgehead atoms. The van der Waals surface area contributed by atoms with E-state index >= 15 is 0 Å². The molecule has 6 nitrogen and oxygen atoms in total. The molecule has 0 spiro atoms. The Balaban J connectivity index is 2.01. The monoisotopic (exact) mass is 365 g/mol. The van der Waals surface area contributed by atoms with Gasteiger partial charge in [-0.05, 0) is 44.4 Å². The summed E-state index contributed by atoms with van der Waals surface area (Å²) in [6.07, 6.45) is 11.6. The zero-order valence-corrected chi connectivity index (χ0v) is 16.3. The number of fused-ring (bicyclic) bond motifs is 1. The Morgan fingerprint density at radius 3 is 3.00 bits per heavy atom. The van der Waals surface area contributed by atoms with Gasteiger partial charge in [0.1, 0.15) is 5.60 Å². The highest BCUT2D eigenvalue weighted by atomic mass is 16.3. The lowest BCUT2D eigenvalue weighted by atomic mass is 9.79. The lowest BCUT2D eigenvalue weighted by Gasteiger charge is -2.30. The minimum Gasteiger partial charge on any atom is -0.378 e. The number of hydrogen-bond acceptors (Lipinski definition) is 5. The topological polar surface area (TPSA) is 75.9 Å². The van der Waals surface area contributed by atoms with Crippen LogP contribution in [0, 0.1) is 30.1 Å². The molecule has 0 radical (unpaired) electrons. The van der Waals surface area contributed by atoms with E-state index in [9.17, 15) is 5.11 Å². The molecule has 3 rings (SSSR count). The summed E-state index contributed by atoms with van der Waals surface area (Å²) in [5, 5.41) is 14.2. The molecule has 3 atom stereocenters. The number of hydrogen-bond donors (Lipinski definition) is 2. The fourth-order valence-corrected chi connectivity index (χ4v) is 3.46. The van der Waals surface area contributed by atoms with Gasteiger partial charge in [-0.1, -0.05) is 32.1 Å². The highest BCUT2D eigenvalue weighted by Crippen LogP contribution is 2.31. The van der Waals surface area contributed by atoms with E-state index in [-0.39, 0.29) is 6.04 Å². The minimum absolute atomic E-state index is 0.241. The zero-order valence-electron chi connectivity index (χ0n) is 16.3. The second-order valence-corrected chi connectivity index (χ2v) is 7.58. The van der Waals surface area contributed by atoms with Crippen molar-refractivity contribution in [3.8, 4) is 24.2 Å². The number of anilines is 1. The molecule has 1 aliphatic rings. The second-order valence-electron chi connectivity index (χ2n) is 7.58. The number of aliphatic hydroxyl groups is 1. The zero-order chi connectivity index (χ0) is 19.4. The molecule has 2 N–H and O–H groups in total. The van der Waals surface area contributed by atoms with Gasteiger partial charge in [0.25, 0.3) is 0 Å². The molecule has 0 aromatic carbocycles. The van der Waals surface area contributed by atoms with E-state index in [0.717, 1.165) is 19.3 Å². The third-order valence-corrected chi connectivity index (χ3v) is 5.10. The SMILES string of the molecule is C#CCn1cnc2c(N[C@@H](C)CC)nc(C#C[C@]3(O)CCC[C@@H](C)C3)nc21. The maximum Gasteiger partial charge on any atom is 0.209 e. The molecule has 142 valence electrons. The molecule has 0 saturated heterocycles. The Kier molecular flexibility index (Phi) is 5.68. The lowest BCUT2D eigenvalue weighted by molar-refractivity contribution is 0.0410. The molecule has 6 heteroatoms. The van der Waals surface area contributed by atoms with Crippen LogP contribution in [0.15, 0.2) is 6.33 Å². The summed E-state index contributed by atoms with van der Waals surface area (Å²) in [5.74, 6) is 10.1. The Bertz CT molecular complexity index is 916. The van der Waals surface area contributed by atoms with Crippen molar-refractivity contribution in [2.75, 3.05) is 5.32 Å². The van der Waals surface area contributed by atoms with E-state index in [1.54, 1.807) is 10.9 Å². The van der Waals surface area contributed by atoms with Crippen LogP contribution in [0.3, 0.4) is 0 Å². The molecule has 2 heterocycles. The molecule has 1 aliphatic carbocycles. The van der Waals surface area contributed by atoms with E-state index in [0.29, 0.717) is 48.1 Å². The molecular formula is C21H27N5O. The Labute approximate surface area is 160 Å². The molecular weight excluding hydrogens is 338 g/mol. The predicted molar refractivity (Wildman–Crippen MR) is 107 cm³/mol. The van der Waals surface area contributed by atoms with Gasteiger partial charge in [-0.15, -0.1) is 6.42 Å². The highest BCUT2D eigenvalue weighted by Gasteiger charge is 2.30. The van der Waals surface area contributed by atoms with Crippen molar-refractivity contribution in [3.63, 3.8) is 0 Å². The summed E-state index contributed by atoms with van der Waals surface area (Å²) in [6, 6.07) is 0.241. The van der Waals surface area contributed by atoms with Crippen molar-refractivity contribution in [1.29, 1.82) is 0 Å². The van der Waals surface area contributed by atoms with Crippen molar-refractivity contribution in [2.45, 2.75) is 71.1 Å².